The molecule has 0 aliphatic carbocycles. The standard InChI is InChI=1S/C23H27ClN2O6S/c1-31-18-10-12-19(13-11-18)33(29,30)26-15-17-7-3-4-8-20(17)25(16-21(26)23(28)32-2)22(27)9-5-6-14-24/h3-4,7-8,10-13,21H,5-6,9,14-16H2,1-2H3. The van der Waals surface area contributed by atoms with Crippen molar-refractivity contribution in [3.63, 3.8) is 0 Å². The predicted molar refractivity (Wildman–Crippen MR) is 125 cm³/mol. The number of alkyl halides is 1. The maximum atomic E-state index is 13.6. The van der Waals surface area contributed by atoms with Crippen molar-refractivity contribution in [1.82, 2.24) is 4.31 Å². The van der Waals surface area contributed by atoms with E-state index in [4.69, 9.17) is 21.1 Å². The largest absolute Gasteiger partial charge is 0.497 e. The molecule has 0 saturated carbocycles. The van der Waals surface area contributed by atoms with Crippen LogP contribution in [0.4, 0.5) is 5.69 Å². The first-order valence-corrected chi connectivity index (χ1v) is 12.5. The molecule has 1 atom stereocenters. The Bertz CT molecular complexity index is 1090. The summed E-state index contributed by atoms with van der Waals surface area (Å²) in [7, 11) is -1.42. The number of hydrogen-bond acceptors (Lipinski definition) is 6. The number of fused-ring (bicyclic) bond motifs is 1. The molecular formula is C23H27ClN2O6S. The van der Waals surface area contributed by atoms with Crippen LogP contribution in [0.3, 0.4) is 0 Å². The van der Waals surface area contributed by atoms with E-state index in [1.807, 2.05) is 0 Å². The van der Waals surface area contributed by atoms with E-state index in [9.17, 15) is 18.0 Å². The van der Waals surface area contributed by atoms with Crippen molar-refractivity contribution in [2.45, 2.75) is 36.7 Å². The molecule has 0 radical (unpaired) electrons. The summed E-state index contributed by atoms with van der Waals surface area (Å²) in [5.41, 5.74) is 1.20. The van der Waals surface area contributed by atoms with E-state index in [0.717, 1.165) is 4.31 Å². The van der Waals surface area contributed by atoms with Crippen LogP contribution in [0, 0.1) is 0 Å². The Morgan fingerprint density at radius 1 is 1.06 bits per heavy atom. The molecule has 0 N–H and O–H groups in total. The van der Waals surface area contributed by atoms with Crippen LogP contribution in [0.15, 0.2) is 53.4 Å². The van der Waals surface area contributed by atoms with Gasteiger partial charge in [-0.3, -0.25) is 9.59 Å². The topological polar surface area (TPSA) is 93.2 Å². The highest BCUT2D eigenvalue weighted by Crippen LogP contribution is 2.32. The second-order valence-corrected chi connectivity index (χ2v) is 9.81. The third-order valence-electron chi connectivity index (χ3n) is 5.53. The summed E-state index contributed by atoms with van der Waals surface area (Å²) in [5.74, 6) is 0.0136. The molecule has 1 aliphatic rings. The van der Waals surface area contributed by atoms with Gasteiger partial charge in [-0.15, -0.1) is 11.6 Å². The molecule has 8 nitrogen and oxygen atoms in total. The van der Waals surface area contributed by atoms with Crippen molar-refractivity contribution in [3.8, 4) is 5.75 Å². The monoisotopic (exact) mass is 494 g/mol. The summed E-state index contributed by atoms with van der Waals surface area (Å²) in [6, 6.07) is 11.8. The summed E-state index contributed by atoms with van der Waals surface area (Å²) < 4.78 is 38.4. The average molecular weight is 495 g/mol. The normalized spacial score (nSPS) is 16.6. The Morgan fingerprint density at radius 2 is 1.76 bits per heavy atom. The number of ether oxygens (including phenoxy) is 2. The molecule has 1 unspecified atom stereocenters. The van der Waals surface area contributed by atoms with Gasteiger partial charge in [0, 0.05) is 24.5 Å². The van der Waals surface area contributed by atoms with E-state index in [2.05, 4.69) is 0 Å². The van der Waals surface area contributed by atoms with Crippen LogP contribution in [-0.4, -0.2) is 57.3 Å². The molecule has 10 heteroatoms. The molecule has 1 heterocycles. The number of esters is 1. The third kappa shape index (κ3) is 5.48. The fraction of sp³-hybridized carbons (Fsp3) is 0.391. The van der Waals surface area contributed by atoms with Gasteiger partial charge in [-0.1, -0.05) is 18.2 Å². The Morgan fingerprint density at radius 3 is 2.39 bits per heavy atom. The van der Waals surface area contributed by atoms with E-state index < -0.39 is 22.0 Å². The highest BCUT2D eigenvalue weighted by atomic mass is 35.5. The molecule has 0 saturated heterocycles. The van der Waals surface area contributed by atoms with Gasteiger partial charge in [-0.25, -0.2) is 8.42 Å². The molecule has 3 rings (SSSR count). The van der Waals surface area contributed by atoms with E-state index in [-0.39, 0.29) is 30.3 Å². The van der Waals surface area contributed by atoms with E-state index in [0.29, 0.717) is 35.7 Å². The number of hydrogen-bond donors (Lipinski definition) is 0. The molecule has 1 aliphatic heterocycles. The molecular weight excluding hydrogens is 468 g/mol. The van der Waals surface area contributed by atoms with Crippen LogP contribution >= 0.6 is 11.6 Å². The molecule has 0 bridgehead atoms. The van der Waals surface area contributed by atoms with Gasteiger partial charge in [-0.05, 0) is 48.7 Å². The Balaban J connectivity index is 2.05. The molecule has 0 fully saturated rings. The maximum Gasteiger partial charge on any atom is 0.326 e. The molecule has 178 valence electrons. The van der Waals surface area contributed by atoms with Gasteiger partial charge in [0.1, 0.15) is 11.8 Å². The maximum absolute atomic E-state index is 13.6. The van der Waals surface area contributed by atoms with Crippen LogP contribution in [-0.2, 0) is 30.9 Å². The minimum atomic E-state index is -4.11. The number of amides is 1. The van der Waals surface area contributed by atoms with Crippen molar-refractivity contribution in [1.29, 1.82) is 0 Å². The number of unbranched alkanes of at least 4 members (excludes halogenated alkanes) is 1. The third-order valence-corrected chi connectivity index (χ3v) is 7.66. The van der Waals surface area contributed by atoms with Gasteiger partial charge in [0.05, 0.1) is 25.7 Å². The molecule has 2 aromatic carbocycles. The van der Waals surface area contributed by atoms with E-state index >= 15 is 0 Å². The summed E-state index contributed by atoms with van der Waals surface area (Å²) in [6.07, 6.45) is 1.51. The highest BCUT2D eigenvalue weighted by molar-refractivity contribution is 7.89. The number of sulfonamides is 1. The van der Waals surface area contributed by atoms with Gasteiger partial charge in [0.2, 0.25) is 15.9 Å². The number of anilines is 1. The first kappa shape index (κ1) is 25.0. The summed E-state index contributed by atoms with van der Waals surface area (Å²) in [4.78, 5) is 27.4. The number of halogens is 1. The molecule has 33 heavy (non-hydrogen) atoms. The molecule has 1 amide bonds. The Kier molecular flexibility index (Phi) is 8.34. The van der Waals surface area contributed by atoms with Gasteiger partial charge in [0.15, 0.2) is 0 Å². The van der Waals surface area contributed by atoms with E-state index in [1.165, 1.54) is 31.3 Å². The lowest BCUT2D eigenvalue weighted by Gasteiger charge is -2.29. The highest BCUT2D eigenvalue weighted by Gasteiger charge is 2.42. The smallest absolute Gasteiger partial charge is 0.326 e. The minimum Gasteiger partial charge on any atom is -0.497 e. The van der Waals surface area contributed by atoms with Crippen molar-refractivity contribution in [2.75, 3.05) is 31.5 Å². The Labute approximate surface area is 199 Å². The van der Waals surface area contributed by atoms with Gasteiger partial charge >= 0.3 is 5.97 Å². The first-order chi connectivity index (χ1) is 15.8. The SMILES string of the molecule is COC(=O)C1CN(C(=O)CCCCCl)c2ccccc2CN1S(=O)(=O)c1ccc(OC)cc1. The van der Waals surface area contributed by atoms with Crippen molar-refractivity contribution < 1.29 is 27.5 Å². The number of carbonyl (C=O) groups excluding carboxylic acids is 2. The van der Waals surface area contributed by atoms with Crippen LogP contribution < -0.4 is 9.64 Å². The Hall–Kier alpha value is -2.62. The zero-order valence-electron chi connectivity index (χ0n) is 18.6. The predicted octanol–water partition coefficient (Wildman–Crippen LogP) is 3.18. The quantitative estimate of drug-likeness (QED) is 0.318. The molecule has 0 spiro atoms. The molecule has 0 aromatic heterocycles. The lowest BCUT2D eigenvalue weighted by Crippen LogP contribution is -2.50. The second kappa shape index (κ2) is 11.0. The average Bonchev–Trinajstić information content (AvgIpc) is 3.01. The zero-order valence-corrected chi connectivity index (χ0v) is 20.1. The molecule has 2 aromatic rings. The number of rotatable bonds is 8. The van der Waals surface area contributed by atoms with Crippen LogP contribution in [0.25, 0.3) is 0 Å². The van der Waals surface area contributed by atoms with E-state index in [1.54, 1.807) is 36.4 Å². The number of para-hydroxylation sites is 1. The first-order valence-electron chi connectivity index (χ1n) is 10.5. The van der Waals surface area contributed by atoms with Crippen molar-refractivity contribution >= 4 is 39.2 Å². The van der Waals surface area contributed by atoms with Crippen molar-refractivity contribution in [2.24, 2.45) is 0 Å². The number of carbonyl (C=O) groups is 2. The van der Waals surface area contributed by atoms with Gasteiger partial charge in [0.25, 0.3) is 0 Å². The fourth-order valence-corrected chi connectivity index (χ4v) is 5.49. The van der Waals surface area contributed by atoms with Gasteiger partial charge in [-0.2, -0.15) is 4.31 Å². The number of methoxy groups -OCH3 is 2. The van der Waals surface area contributed by atoms with Crippen LogP contribution in [0.2, 0.25) is 0 Å². The fourth-order valence-electron chi connectivity index (χ4n) is 3.75. The summed E-state index contributed by atoms with van der Waals surface area (Å²) in [6.45, 7) is -0.242. The summed E-state index contributed by atoms with van der Waals surface area (Å²) >= 11 is 5.74. The number of benzene rings is 2. The van der Waals surface area contributed by atoms with Gasteiger partial charge < -0.3 is 14.4 Å². The number of nitrogens with zero attached hydrogens (tertiary/aromatic N) is 2. The van der Waals surface area contributed by atoms with Crippen LogP contribution in [0.5, 0.6) is 5.75 Å². The lowest BCUT2D eigenvalue weighted by atomic mass is 10.1. The minimum absolute atomic E-state index is 0.0107. The zero-order chi connectivity index (χ0) is 24.0. The second-order valence-electron chi connectivity index (χ2n) is 7.54. The summed E-state index contributed by atoms with van der Waals surface area (Å²) in [5, 5.41) is 0. The van der Waals surface area contributed by atoms with Crippen molar-refractivity contribution in [3.05, 3.63) is 54.1 Å². The lowest BCUT2D eigenvalue weighted by molar-refractivity contribution is -0.145. The van der Waals surface area contributed by atoms with Crippen LogP contribution in [0.1, 0.15) is 24.8 Å².